The number of amides is 1. The lowest BCUT2D eigenvalue weighted by Crippen LogP contribution is -2.50. The smallest absolute Gasteiger partial charge is 0.407 e. The van der Waals surface area contributed by atoms with Crippen molar-refractivity contribution in [3.63, 3.8) is 0 Å². The standard InChI is InChI=1S/C20H22N2O2/c23-19-21-14-20(24-19)11-6-12-22(15-20)13-17-9-4-5-10-18(17)16-7-2-1-3-8-16/h1-5,7-10H,6,11-15H2,(H,21,23). The number of carbonyl (C=O) groups is 1. The number of nitrogens with zero attached hydrogens (tertiary/aromatic N) is 1. The van der Waals surface area contributed by atoms with Gasteiger partial charge in [0.15, 0.2) is 0 Å². The first-order chi connectivity index (χ1) is 11.7. The van der Waals surface area contributed by atoms with Crippen LogP contribution in [-0.2, 0) is 11.3 Å². The lowest BCUT2D eigenvalue weighted by Gasteiger charge is -2.38. The van der Waals surface area contributed by atoms with Gasteiger partial charge in [-0.1, -0.05) is 54.6 Å². The van der Waals surface area contributed by atoms with Crippen LogP contribution in [0.5, 0.6) is 0 Å². The van der Waals surface area contributed by atoms with E-state index in [2.05, 4.69) is 58.7 Å². The van der Waals surface area contributed by atoms with Crippen LogP contribution in [-0.4, -0.2) is 36.2 Å². The van der Waals surface area contributed by atoms with Crippen molar-refractivity contribution in [3.8, 4) is 11.1 Å². The molecule has 1 amide bonds. The highest BCUT2D eigenvalue weighted by molar-refractivity contribution is 5.70. The average Bonchev–Trinajstić information content (AvgIpc) is 2.96. The molecule has 1 spiro atoms. The lowest BCUT2D eigenvalue weighted by atomic mass is 9.92. The lowest BCUT2D eigenvalue weighted by molar-refractivity contribution is -0.0110. The summed E-state index contributed by atoms with van der Waals surface area (Å²) in [5.41, 5.74) is 3.50. The van der Waals surface area contributed by atoms with Gasteiger partial charge in [0.2, 0.25) is 0 Å². The average molecular weight is 322 g/mol. The number of benzene rings is 2. The van der Waals surface area contributed by atoms with Gasteiger partial charge in [-0.05, 0) is 36.1 Å². The highest BCUT2D eigenvalue weighted by Gasteiger charge is 2.43. The van der Waals surface area contributed by atoms with E-state index in [1.807, 2.05) is 6.07 Å². The van der Waals surface area contributed by atoms with Crippen molar-refractivity contribution in [1.29, 1.82) is 0 Å². The largest absolute Gasteiger partial charge is 0.440 e. The van der Waals surface area contributed by atoms with Crippen molar-refractivity contribution in [3.05, 3.63) is 60.2 Å². The molecule has 2 aromatic rings. The molecule has 0 aliphatic carbocycles. The van der Waals surface area contributed by atoms with E-state index in [1.165, 1.54) is 16.7 Å². The molecule has 2 aliphatic rings. The van der Waals surface area contributed by atoms with Gasteiger partial charge in [0.05, 0.1) is 6.54 Å². The van der Waals surface area contributed by atoms with Crippen LogP contribution in [0.2, 0.25) is 0 Å². The predicted molar refractivity (Wildman–Crippen MR) is 93.6 cm³/mol. The fourth-order valence-electron chi connectivity index (χ4n) is 3.85. The van der Waals surface area contributed by atoms with Gasteiger partial charge in [-0.25, -0.2) is 4.79 Å². The van der Waals surface area contributed by atoms with Gasteiger partial charge in [-0.3, -0.25) is 4.90 Å². The first-order valence-corrected chi connectivity index (χ1v) is 8.57. The van der Waals surface area contributed by atoms with Gasteiger partial charge >= 0.3 is 6.09 Å². The van der Waals surface area contributed by atoms with E-state index in [0.717, 1.165) is 32.5 Å². The van der Waals surface area contributed by atoms with E-state index in [9.17, 15) is 4.79 Å². The van der Waals surface area contributed by atoms with Crippen LogP contribution in [0.25, 0.3) is 11.1 Å². The Bertz CT molecular complexity index is 731. The maximum absolute atomic E-state index is 11.5. The van der Waals surface area contributed by atoms with Gasteiger partial charge in [-0.2, -0.15) is 0 Å². The zero-order valence-corrected chi connectivity index (χ0v) is 13.7. The van der Waals surface area contributed by atoms with E-state index in [1.54, 1.807) is 0 Å². The first-order valence-electron chi connectivity index (χ1n) is 8.57. The maximum Gasteiger partial charge on any atom is 0.407 e. The van der Waals surface area contributed by atoms with Crippen molar-refractivity contribution in [2.75, 3.05) is 19.6 Å². The van der Waals surface area contributed by atoms with E-state index >= 15 is 0 Å². The fraction of sp³-hybridized carbons (Fsp3) is 0.350. The van der Waals surface area contributed by atoms with Gasteiger partial charge in [-0.15, -0.1) is 0 Å². The SMILES string of the molecule is O=C1NCC2(CCCN(Cc3ccccc3-c3ccccc3)C2)O1. The van der Waals surface area contributed by atoms with Crippen LogP contribution in [0.1, 0.15) is 18.4 Å². The fourth-order valence-corrected chi connectivity index (χ4v) is 3.85. The number of piperidine rings is 1. The van der Waals surface area contributed by atoms with Crippen LogP contribution in [0.3, 0.4) is 0 Å². The predicted octanol–water partition coefficient (Wildman–Crippen LogP) is 3.43. The molecule has 2 aliphatic heterocycles. The molecule has 124 valence electrons. The Morgan fingerprint density at radius 3 is 2.67 bits per heavy atom. The van der Waals surface area contributed by atoms with E-state index in [0.29, 0.717) is 6.54 Å². The summed E-state index contributed by atoms with van der Waals surface area (Å²) < 4.78 is 5.58. The zero-order chi connectivity index (χ0) is 16.4. The van der Waals surface area contributed by atoms with Gasteiger partial charge in [0, 0.05) is 13.1 Å². The molecule has 0 bridgehead atoms. The van der Waals surface area contributed by atoms with Gasteiger partial charge in [0.1, 0.15) is 5.60 Å². The number of ether oxygens (including phenoxy) is 1. The summed E-state index contributed by atoms with van der Waals surface area (Å²) in [6.45, 7) is 3.35. The molecule has 1 unspecified atom stereocenters. The summed E-state index contributed by atoms with van der Waals surface area (Å²) in [5, 5.41) is 2.81. The van der Waals surface area contributed by atoms with Crippen molar-refractivity contribution < 1.29 is 9.53 Å². The molecule has 1 N–H and O–H groups in total. The molecular weight excluding hydrogens is 300 g/mol. The normalized spacial score (nSPS) is 23.9. The Morgan fingerprint density at radius 1 is 1.08 bits per heavy atom. The first kappa shape index (κ1) is 15.2. The molecule has 4 rings (SSSR count). The summed E-state index contributed by atoms with van der Waals surface area (Å²) in [5.74, 6) is 0. The second kappa shape index (κ2) is 6.29. The molecule has 0 saturated carbocycles. The van der Waals surface area contributed by atoms with E-state index in [4.69, 9.17) is 4.74 Å². The Labute approximate surface area is 142 Å². The number of alkyl carbamates (subject to hydrolysis) is 1. The third-order valence-electron chi connectivity index (χ3n) is 4.98. The highest BCUT2D eigenvalue weighted by Crippen LogP contribution is 2.30. The van der Waals surface area contributed by atoms with Crippen molar-refractivity contribution in [1.82, 2.24) is 10.2 Å². The van der Waals surface area contributed by atoms with Crippen LogP contribution >= 0.6 is 0 Å². The molecule has 2 saturated heterocycles. The molecule has 2 heterocycles. The van der Waals surface area contributed by atoms with E-state index in [-0.39, 0.29) is 11.7 Å². The minimum Gasteiger partial charge on any atom is -0.440 e. The third-order valence-corrected chi connectivity index (χ3v) is 4.98. The number of rotatable bonds is 3. The molecule has 4 heteroatoms. The van der Waals surface area contributed by atoms with Crippen molar-refractivity contribution >= 4 is 6.09 Å². The van der Waals surface area contributed by atoms with Crippen LogP contribution < -0.4 is 5.32 Å². The molecule has 2 fully saturated rings. The van der Waals surface area contributed by atoms with Crippen molar-refractivity contribution in [2.45, 2.75) is 25.0 Å². The Kier molecular flexibility index (Phi) is 3.98. The number of likely N-dealkylation sites (tertiary alicyclic amines) is 1. The zero-order valence-electron chi connectivity index (χ0n) is 13.7. The number of carbonyl (C=O) groups excluding carboxylic acids is 1. The van der Waals surface area contributed by atoms with E-state index < -0.39 is 0 Å². The van der Waals surface area contributed by atoms with Crippen molar-refractivity contribution in [2.24, 2.45) is 0 Å². The summed E-state index contributed by atoms with van der Waals surface area (Å²) >= 11 is 0. The Morgan fingerprint density at radius 2 is 1.88 bits per heavy atom. The number of hydrogen-bond acceptors (Lipinski definition) is 3. The summed E-state index contributed by atoms with van der Waals surface area (Å²) in [6, 6.07) is 19.1. The molecule has 24 heavy (non-hydrogen) atoms. The molecule has 0 radical (unpaired) electrons. The maximum atomic E-state index is 11.5. The van der Waals surface area contributed by atoms with Gasteiger partial charge in [0.25, 0.3) is 0 Å². The topological polar surface area (TPSA) is 41.6 Å². The number of hydrogen-bond donors (Lipinski definition) is 1. The minimum absolute atomic E-state index is 0.276. The molecular formula is C20H22N2O2. The summed E-state index contributed by atoms with van der Waals surface area (Å²) in [6.07, 6.45) is 1.73. The van der Waals surface area contributed by atoms with Crippen LogP contribution in [0, 0.1) is 0 Å². The van der Waals surface area contributed by atoms with Gasteiger partial charge < -0.3 is 10.1 Å². The summed E-state index contributed by atoms with van der Waals surface area (Å²) in [7, 11) is 0. The second-order valence-electron chi connectivity index (χ2n) is 6.76. The quantitative estimate of drug-likeness (QED) is 0.941. The van der Waals surface area contributed by atoms with Crippen LogP contribution in [0.15, 0.2) is 54.6 Å². The minimum atomic E-state index is -0.336. The Hall–Kier alpha value is -2.33. The molecule has 1 atom stereocenters. The second-order valence-corrected chi connectivity index (χ2v) is 6.76. The third kappa shape index (κ3) is 3.02. The monoisotopic (exact) mass is 322 g/mol. The van der Waals surface area contributed by atoms with Crippen LogP contribution in [0.4, 0.5) is 4.79 Å². The molecule has 2 aromatic carbocycles. The Balaban J connectivity index is 1.55. The molecule has 4 nitrogen and oxygen atoms in total. The molecule has 0 aromatic heterocycles. The summed E-state index contributed by atoms with van der Waals surface area (Å²) in [4.78, 5) is 13.9. The number of nitrogens with one attached hydrogen (secondary N) is 1. The highest BCUT2D eigenvalue weighted by atomic mass is 16.6.